The number of nitrogens with one attached hydrogen (secondary N) is 1. The Kier molecular flexibility index (Phi) is 4.62. The number of carbonyl (C=O) groups is 1. The number of fused-ring (bicyclic) bond motifs is 3. The van der Waals surface area contributed by atoms with Gasteiger partial charge < -0.3 is 14.6 Å². The maximum Gasteiger partial charge on any atom is 0.387 e. The molecule has 4 nitrogen and oxygen atoms in total. The highest BCUT2D eigenvalue weighted by Crippen LogP contribution is 2.28. The number of rotatable bonds is 4. The lowest BCUT2D eigenvalue weighted by molar-refractivity contribution is -0.126. The number of H-pyrrole nitrogens is 1. The lowest BCUT2D eigenvalue weighted by atomic mass is 10.0. The van der Waals surface area contributed by atoms with E-state index < -0.39 is 6.61 Å². The van der Waals surface area contributed by atoms with Gasteiger partial charge >= 0.3 is 6.61 Å². The van der Waals surface area contributed by atoms with Gasteiger partial charge in [0.2, 0.25) is 5.91 Å². The summed E-state index contributed by atoms with van der Waals surface area (Å²) in [6, 6.07) is 14.4. The molecule has 2 heterocycles. The van der Waals surface area contributed by atoms with Crippen LogP contribution in [-0.4, -0.2) is 28.9 Å². The Morgan fingerprint density at radius 2 is 1.93 bits per heavy atom. The van der Waals surface area contributed by atoms with E-state index in [1.54, 1.807) is 23.1 Å². The molecule has 0 fully saturated rings. The van der Waals surface area contributed by atoms with Crippen molar-refractivity contribution in [2.24, 2.45) is 0 Å². The summed E-state index contributed by atoms with van der Waals surface area (Å²) in [5, 5.41) is 1.13. The number of aromatic amines is 1. The molecule has 0 unspecified atom stereocenters. The number of para-hydroxylation sites is 2. The van der Waals surface area contributed by atoms with E-state index in [-0.39, 0.29) is 11.7 Å². The van der Waals surface area contributed by atoms with E-state index in [0.717, 1.165) is 22.9 Å². The van der Waals surface area contributed by atoms with Gasteiger partial charge in [-0.15, -0.1) is 0 Å². The van der Waals surface area contributed by atoms with Crippen LogP contribution in [0.15, 0.2) is 54.6 Å². The monoisotopic (exact) mass is 368 g/mol. The fraction of sp³-hybridized carbons (Fsp3) is 0.190. The van der Waals surface area contributed by atoms with Crippen LogP contribution in [0, 0.1) is 0 Å². The maximum absolute atomic E-state index is 12.6. The highest BCUT2D eigenvalue weighted by Gasteiger charge is 2.22. The summed E-state index contributed by atoms with van der Waals surface area (Å²) in [5.74, 6) is -0.105. The molecule has 1 aromatic heterocycles. The van der Waals surface area contributed by atoms with E-state index in [1.807, 2.05) is 24.3 Å². The molecule has 1 aliphatic heterocycles. The zero-order valence-electron chi connectivity index (χ0n) is 14.5. The van der Waals surface area contributed by atoms with Crippen molar-refractivity contribution in [3.05, 3.63) is 71.4 Å². The van der Waals surface area contributed by atoms with Crippen molar-refractivity contribution < 1.29 is 18.3 Å². The molecule has 2 aromatic carbocycles. The smallest absolute Gasteiger partial charge is 0.387 e. The second-order valence-corrected chi connectivity index (χ2v) is 6.39. The minimum atomic E-state index is -2.90. The third-order valence-corrected chi connectivity index (χ3v) is 4.73. The van der Waals surface area contributed by atoms with Crippen LogP contribution in [0.25, 0.3) is 17.0 Å². The Hall–Kier alpha value is -3.15. The number of halogens is 2. The Morgan fingerprint density at radius 3 is 2.78 bits per heavy atom. The van der Waals surface area contributed by atoms with Crippen molar-refractivity contribution in [1.29, 1.82) is 0 Å². The highest BCUT2D eigenvalue weighted by molar-refractivity contribution is 5.93. The Morgan fingerprint density at radius 1 is 1.15 bits per heavy atom. The van der Waals surface area contributed by atoms with Crippen LogP contribution >= 0.6 is 0 Å². The first-order valence-electron chi connectivity index (χ1n) is 8.71. The summed E-state index contributed by atoms with van der Waals surface area (Å²) in [6.07, 6.45) is 3.69. The van der Waals surface area contributed by atoms with Crippen molar-refractivity contribution in [2.75, 3.05) is 6.54 Å². The third kappa shape index (κ3) is 3.56. The third-order valence-electron chi connectivity index (χ3n) is 4.73. The summed E-state index contributed by atoms with van der Waals surface area (Å²) < 4.78 is 29.5. The van der Waals surface area contributed by atoms with Crippen LogP contribution in [0.5, 0.6) is 5.75 Å². The predicted octanol–water partition coefficient (Wildman–Crippen LogP) is 4.37. The van der Waals surface area contributed by atoms with Gasteiger partial charge in [0.05, 0.1) is 0 Å². The second kappa shape index (κ2) is 7.23. The minimum Gasteiger partial charge on any atom is -0.434 e. The van der Waals surface area contributed by atoms with Gasteiger partial charge in [0, 0.05) is 53.3 Å². The number of aromatic nitrogens is 1. The fourth-order valence-corrected chi connectivity index (χ4v) is 3.44. The lowest BCUT2D eigenvalue weighted by Gasteiger charge is -2.26. The van der Waals surface area contributed by atoms with Gasteiger partial charge in [-0.05, 0) is 18.2 Å². The number of nitrogens with zero attached hydrogens (tertiary/aromatic N) is 1. The normalized spacial score (nSPS) is 14.1. The van der Waals surface area contributed by atoms with Gasteiger partial charge in [-0.1, -0.05) is 36.4 Å². The first-order chi connectivity index (χ1) is 13.1. The molecule has 0 bridgehead atoms. The summed E-state index contributed by atoms with van der Waals surface area (Å²) in [6.45, 7) is -1.77. The highest BCUT2D eigenvalue weighted by atomic mass is 19.3. The standard InChI is InChI=1S/C21H18F2N2O2/c22-21(23)27-19-8-4-1-5-14(19)9-10-20(26)25-12-11-18-16(13-25)15-6-2-3-7-17(15)24-18/h1-10,21,24H,11-13H2/b10-9+. The molecule has 0 aliphatic carbocycles. The Bertz CT molecular complexity index is 1010. The van der Waals surface area contributed by atoms with Crippen LogP contribution in [0.3, 0.4) is 0 Å². The van der Waals surface area contributed by atoms with Crippen LogP contribution < -0.4 is 4.74 Å². The topological polar surface area (TPSA) is 45.3 Å². The number of amides is 1. The molecule has 1 aliphatic rings. The molecule has 0 saturated heterocycles. The minimum absolute atomic E-state index is 0.0501. The van der Waals surface area contributed by atoms with E-state index in [9.17, 15) is 13.6 Å². The van der Waals surface area contributed by atoms with E-state index >= 15 is 0 Å². The molecule has 27 heavy (non-hydrogen) atoms. The quantitative estimate of drug-likeness (QED) is 0.695. The summed E-state index contributed by atoms with van der Waals surface area (Å²) >= 11 is 0. The van der Waals surface area contributed by atoms with Crippen LogP contribution in [0.1, 0.15) is 16.8 Å². The summed E-state index contributed by atoms with van der Waals surface area (Å²) in [4.78, 5) is 17.8. The molecular weight excluding hydrogens is 350 g/mol. The van der Waals surface area contributed by atoms with Crippen LogP contribution in [0.4, 0.5) is 8.78 Å². The molecule has 1 amide bonds. The Balaban J connectivity index is 1.52. The molecule has 4 rings (SSSR count). The van der Waals surface area contributed by atoms with Gasteiger partial charge in [0.25, 0.3) is 0 Å². The van der Waals surface area contributed by atoms with Crippen molar-refractivity contribution in [2.45, 2.75) is 19.6 Å². The average molecular weight is 368 g/mol. The zero-order valence-corrected chi connectivity index (χ0v) is 14.5. The fourth-order valence-electron chi connectivity index (χ4n) is 3.44. The van der Waals surface area contributed by atoms with E-state index in [0.29, 0.717) is 18.7 Å². The average Bonchev–Trinajstić information content (AvgIpc) is 3.04. The lowest BCUT2D eigenvalue weighted by Crippen LogP contribution is -2.34. The molecule has 3 aromatic rings. The van der Waals surface area contributed by atoms with E-state index in [4.69, 9.17) is 0 Å². The van der Waals surface area contributed by atoms with E-state index in [2.05, 4.69) is 9.72 Å². The maximum atomic E-state index is 12.6. The molecule has 1 N–H and O–H groups in total. The largest absolute Gasteiger partial charge is 0.434 e. The number of hydrogen-bond donors (Lipinski definition) is 1. The van der Waals surface area contributed by atoms with Gasteiger partial charge in [0.15, 0.2) is 0 Å². The van der Waals surface area contributed by atoms with Crippen molar-refractivity contribution in [1.82, 2.24) is 9.88 Å². The van der Waals surface area contributed by atoms with Crippen molar-refractivity contribution in [3.63, 3.8) is 0 Å². The number of hydrogen-bond acceptors (Lipinski definition) is 2. The van der Waals surface area contributed by atoms with Crippen LogP contribution in [0.2, 0.25) is 0 Å². The van der Waals surface area contributed by atoms with Crippen LogP contribution in [-0.2, 0) is 17.8 Å². The Labute approximate surface area is 155 Å². The summed E-state index contributed by atoms with van der Waals surface area (Å²) in [7, 11) is 0. The first kappa shape index (κ1) is 17.3. The number of carbonyl (C=O) groups excluding carboxylic acids is 1. The molecule has 6 heteroatoms. The second-order valence-electron chi connectivity index (χ2n) is 6.39. The van der Waals surface area contributed by atoms with Crippen molar-refractivity contribution in [3.8, 4) is 5.75 Å². The number of benzene rings is 2. The van der Waals surface area contributed by atoms with Gasteiger partial charge in [-0.25, -0.2) is 0 Å². The van der Waals surface area contributed by atoms with Gasteiger partial charge in [0.1, 0.15) is 5.75 Å². The molecule has 0 atom stereocenters. The number of alkyl halides is 2. The first-order valence-corrected chi connectivity index (χ1v) is 8.71. The number of ether oxygens (including phenoxy) is 1. The molecule has 0 saturated carbocycles. The SMILES string of the molecule is O=C(/C=C/c1ccccc1OC(F)F)N1CCc2[nH]c3ccccc3c2C1. The predicted molar refractivity (Wildman–Crippen MR) is 99.5 cm³/mol. The molecule has 0 radical (unpaired) electrons. The van der Waals surface area contributed by atoms with Gasteiger partial charge in [-0.3, -0.25) is 4.79 Å². The van der Waals surface area contributed by atoms with Crippen molar-refractivity contribution >= 4 is 22.9 Å². The summed E-state index contributed by atoms with van der Waals surface area (Å²) in [5.41, 5.74) is 3.82. The van der Waals surface area contributed by atoms with E-state index in [1.165, 1.54) is 23.9 Å². The van der Waals surface area contributed by atoms with Gasteiger partial charge in [-0.2, -0.15) is 8.78 Å². The molecular formula is C21H18F2N2O2. The molecule has 0 spiro atoms. The molecule has 138 valence electrons. The zero-order chi connectivity index (χ0) is 18.8.